The van der Waals surface area contributed by atoms with Crippen LogP contribution < -0.4 is 4.90 Å². The zero-order chi connectivity index (χ0) is 12.0. The summed E-state index contributed by atoms with van der Waals surface area (Å²) in [7, 11) is 1.68. The molecule has 3 nitrogen and oxygen atoms in total. The Bertz CT molecular complexity index is 339. The van der Waals surface area contributed by atoms with Crippen molar-refractivity contribution in [2.45, 2.75) is 0 Å². The number of pyridine rings is 1. The second kappa shape index (κ2) is 7.48. The molecule has 1 aromatic heterocycles. The van der Waals surface area contributed by atoms with Crippen LogP contribution in [0.25, 0.3) is 0 Å². The second-order valence-corrected chi connectivity index (χ2v) is 5.28. The third kappa shape index (κ3) is 4.20. The van der Waals surface area contributed by atoms with Crippen LogP contribution in [0.1, 0.15) is 0 Å². The van der Waals surface area contributed by atoms with Crippen LogP contribution in [0.5, 0.6) is 0 Å². The van der Waals surface area contributed by atoms with Crippen molar-refractivity contribution in [3.05, 3.63) is 21.2 Å². The molecule has 0 amide bonds. The van der Waals surface area contributed by atoms with Crippen molar-refractivity contribution >= 4 is 49.3 Å². The molecule has 16 heavy (non-hydrogen) atoms. The number of nitrogens with zero attached hydrogens (tertiary/aromatic N) is 2. The van der Waals surface area contributed by atoms with Gasteiger partial charge in [0.1, 0.15) is 5.82 Å². The first kappa shape index (κ1) is 14.2. The molecule has 0 N–H and O–H groups in total. The van der Waals surface area contributed by atoms with Gasteiger partial charge in [0, 0.05) is 36.7 Å². The van der Waals surface area contributed by atoms with Crippen molar-refractivity contribution in [3.63, 3.8) is 0 Å². The van der Waals surface area contributed by atoms with Gasteiger partial charge in [0.2, 0.25) is 0 Å². The summed E-state index contributed by atoms with van der Waals surface area (Å²) in [6, 6.07) is 1.97. The van der Waals surface area contributed by atoms with E-state index in [0.29, 0.717) is 12.5 Å². The third-order valence-corrected chi connectivity index (χ3v) is 3.19. The van der Waals surface area contributed by atoms with Gasteiger partial charge >= 0.3 is 0 Å². The maximum atomic E-state index is 5.77. The van der Waals surface area contributed by atoms with Crippen molar-refractivity contribution in [1.82, 2.24) is 4.98 Å². The standard InChI is InChI=1S/C10H13Br2ClN2O/c1-16-5-4-15(3-2-13)10-9(12)6-8(11)7-14-10/h6-7H,2-5H2,1H3. The molecule has 0 aliphatic heterocycles. The third-order valence-electron chi connectivity index (χ3n) is 2.01. The van der Waals surface area contributed by atoms with Gasteiger partial charge in [0.15, 0.2) is 0 Å². The van der Waals surface area contributed by atoms with Gasteiger partial charge in [0.05, 0.1) is 11.1 Å². The Balaban J connectivity index is 2.82. The van der Waals surface area contributed by atoms with Crippen molar-refractivity contribution < 1.29 is 4.74 Å². The maximum absolute atomic E-state index is 5.77. The zero-order valence-corrected chi connectivity index (χ0v) is 12.8. The van der Waals surface area contributed by atoms with E-state index >= 15 is 0 Å². The summed E-state index contributed by atoms with van der Waals surface area (Å²) in [5, 5.41) is 0. The van der Waals surface area contributed by atoms with Crippen molar-refractivity contribution in [2.75, 3.05) is 37.6 Å². The van der Waals surface area contributed by atoms with Gasteiger partial charge in [-0.3, -0.25) is 0 Å². The maximum Gasteiger partial charge on any atom is 0.143 e. The van der Waals surface area contributed by atoms with Crippen LogP contribution in [0.15, 0.2) is 21.2 Å². The Morgan fingerprint density at radius 1 is 1.44 bits per heavy atom. The number of rotatable bonds is 6. The van der Waals surface area contributed by atoms with E-state index in [1.807, 2.05) is 6.07 Å². The number of hydrogen-bond donors (Lipinski definition) is 0. The van der Waals surface area contributed by atoms with Gasteiger partial charge in [-0.15, -0.1) is 11.6 Å². The Morgan fingerprint density at radius 3 is 2.75 bits per heavy atom. The fraction of sp³-hybridized carbons (Fsp3) is 0.500. The molecule has 0 aliphatic carbocycles. The molecule has 90 valence electrons. The molecular formula is C10H13Br2ClN2O. The quantitative estimate of drug-likeness (QED) is 0.717. The van der Waals surface area contributed by atoms with Gasteiger partial charge in [-0.2, -0.15) is 0 Å². The lowest BCUT2D eigenvalue weighted by molar-refractivity contribution is 0.205. The molecule has 0 radical (unpaired) electrons. The highest BCUT2D eigenvalue weighted by Crippen LogP contribution is 2.26. The molecule has 6 heteroatoms. The van der Waals surface area contributed by atoms with Gasteiger partial charge in [-0.1, -0.05) is 0 Å². The largest absolute Gasteiger partial charge is 0.383 e. The minimum absolute atomic E-state index is 0.563. The number of methoxy groups -OCH3 is 1. The van der Waals surface area contributed by atoms with Crippen molar-refractivity contribution in [3.8, 4) is 0 Å². The number of ether oxygens (including phenoxy) is 1. The van der Waals surface area contributed by atoms with E-state index in [4.69, 9.17) is 16.3 Å². The van der Waals surface area contributed by atoms with Crippen LogP contribution in [0.3, 0.4) is 0 Å². The fourth-order valence-corrected chi connectivity index (χ4v) is 2.71. The molecule has 0 saturated carbocycles. The lowest BCUT2D eigenvalue weighted by atomic mass is 10.4. The lowest BCUT2D eigenvalue weighted by Crippen LogP contribution is -2.30. The summed E-state index contributed by atoms with van der Waals surface area (Å²) in [5.41, 5.74) is 0. The molecule has 1 aromatic rings. The smallest absolute Gasteiger partial charge is 0.143 e. The fourth-order valence-electron chi connectivity index (χ4n) is 1.27. The van der Waals surface area contributed by atoms with Crippen LogP contribution in [-0.2, 0) is 4.74 Å². The predicted molar refractivity (Wildman–Crippen MR) is 74.4 cm³/mol. The SMILES string of the molecule is COCCN(CCCl)c1ncc(Br)cc1Br. The highest BCUT2D eigenvalue weighted by atomic mass is 79.9. The molecule has 0 unspecified atom stereocenters. The van der Waals surface area contributed by atoms with E-state index in [0.717, 1.165) is 27.9 Å². The van der Waals surface area contributed by atoms with Gasteiger partial charge in [0.25, 0.3) is 0 Å². The number of anilines is 1. The summed E-state index contributed by atoms with van der Waals surface area (Å²) in [6.07, 6.45) is 1.77. The van der Waals surface area contributed by atoms with Crippen LogP contribution in [0, 0.1) is 0 Å². The summed E-state index contributed by atoms with van der Waals surface area (Å²) in [4.78, 5) is 6.46. The van der Waals surface area contributed by atoms with Gasteiger partial charge in [-0.25, -0.2) is 4.98 Å². The zero-order valence-electron chi connectivity index (χ0n) is 8.92. The molecular weight excluding hydrogens is 359 g/mol. The van der Waals surface area contributed by atoms with Crippen LogP contribution >= 0.6 is 43.5 Å². The van der Waals surface area contributed by atoms with E-state index in [-0.39, 0.29) is 0 Å². The summed E-state index contributed by atoms with van der Waals surface area (Å²) in [6.45, 7) is 2.18. The number of hydrogen-bond acceptors (Lipinski definition) is 3. The van der Waals surface area contributed by atoms with E-state index in [1.165, 1.54) is 0 Å². The molecule has 0 bridgehead atoms. The topological polar surface area (TPSA) is 25.4 Å². The van der Waals surface area contributed by atoms with Crippen molar-refractivity contribution in [1.29, 1.82) is 0 Å². The number of halogens is 3. The van der Waals surface area contributed by atoms with E-state index < -0.39 is 0 Å². The Kier molecular flexibility index (Phi) is 6.65. The van der Waals surface area contributed by atoms with E-state index in [1.54, 1.807) is 13.3 Å². The normalized spacial score (nSPS) is 10.5. The summed E-state index contributed by atoms with van der Waals surface area (Å²) in [5.74, 6) is 1.45. The van der Waals surface area contributed by atoms with Crippen molar-refractivity contribution in [2.24, 2.45) is 0 Å². The molecule has 0 spiro atoms. The minimum Gasteiger partial charge on any atom is -0.383 e. The van der Waals surface area contributed by atoms with E-state index in [2.05, 4.69) is 41.7 Å². The molecule has 1 rings (SSSR count). The number of aromatic nitrogens is 1. The number of alkyl halides is 1. The minimum atomic E-state index is 0.563. The first-order valence-electron chi connectivity index (χ1n) is 4.80. The highest BCUT2D eigenvalue weighted by Gasteiger charge is 2.11. The molecule has 0 atom stereocenters. The van der Waals surface area contributed by atoms with Gasteiger partial charge < -0.3 is 9.64 Å². The average molecular weight is 372 g/mol. The predicted octanol–water partition coefficient (Wildman–Crippen LogP) is 3.30. The monoisotopic (exact) mass is 370 g/mol. The average Bonchev–Trinajstić information content (AvgIpc) is 2.25. The lowest BCUT2D eigenvalue weighted by Gasteiger charge is -2.23. The first-order chi connectivity index (χ1) is 7.69. The first-order valence-corrected chi connectivity index (χ1v) is 6.92. The van der Waals surface area contributed by atoms with Crippen LogP contribution in [0.4, 0.5) is 5.82 Å². The highest BCUT2D eigenvalue weighted by molar-refractivity contribution is 9.11. The van der Waals surface area contributed by atoms with Crippen LogP contribution in [0.2, 0.25) is 0 Å². The molecule has 1 heterocycles. The van der Waals surface area contributed by atoms with E-state index in [9.17, 15) is 0 Å². The Morgan fingerprint density at radius 2 is 2.19 bits per heavy atom. The summed E-state index contributed by atoms with van der Waals surface area (Å²) >= 11 is 12.6. The molecule has 0 saturated heterocycles. The Labute approximate surface area is 117 Å². The van der Waals surface area contributed by atoms with Gasteiger partial charge in [-0.05, 0) is 37.9 Å². The second-order valence-electron chi connectivity index (χ2n) is 3.13. The summed E-state index contributed by atoms with van der Waals surface area (Å²) < 4.78 is 6.96. The molecule has 0 aliphatic rings. The molecule has 0 aromatic carbocycles. The molecule has 0 fully saturated rings. The Hall–Kier alpha value is 0.160. The van der Waals surface area contributed by atoms with Crippen LogP contribution in [-0.4, -0.2) is 37.7 Å².